The first-order valence-electron chi connectivity index (χ1n) is 17.9. The summed E-state index contributed by atoms with van der Waals surface area (Å²) in [5.74, 6) is -0.665. The van der Waals surface area contributed by atoms with Crippen molar-refractivity contribution < 1.29 is 29.4 Å². The van der Waals surface area contributed by atoms with Gasteiger partial charge in [0.25, 0.3) is 0 Å². The summed E-state index contributed by atoms with van der Waals surface area (Å²) in [5, 5.41) is 23.7. The van der Waals surface area contributed by atoms with Gasteiger partial charge in [-0.05, 0) is 70.6 Å². The lowest BCUT2D eigenvalue weighted by atomic mass is 9.97. The first-order valence-corrected chi connectivity index (χ1v) is 17.9. The predicted octanol–water partition coefficient (Wildman–Crippen LogP) is 7.53. The molecule has 9 heteroatoms. The molecular weight excluding hydrogens is 654 g/mol. The van der Waals surface area contributed by atoms with Crippen molar-refractivity contribution in [1.82, 2.24) is 15.7 Å². The Morgan fingerprint density at radius 3 is 2.27 bits per heavy atom. The molecule has 1 aliphatic heterocycles. The van der Waals surface area contributed by atoms with E-state index in [4.69, 9.17) is 14.7 Å². The number of carbonyl (C=O) groups excluding carboxylic acids is 2. The van der Waals surface area contributed by atoms with Crippen molar-refractivity contribution in [2.75, 3.05) is 13.6 Å². The zero-order valence-electron chi connectivity index (χ0n) is 29.7. The fourth-order valence-corrected chi connectivity index (χ4v) is 6.76. The van der Waals surface area contributed by atoms with Gasteiger partial charge in [0.15, 0.2) is 6.29 Å². The second kappa shape index (κ2) is 17.5. The van der Waals surface area contributed by atoms with E-state index in [0.717, 1.165) is 33.4 Å². The van der Waals surface area contributed by atoms with E-state index in [2.05, 4.69) is 78.8 Å². The number of ether oxygens (including phenoxy) is 2. The number of hydrogen-bond donors (Lipinski definition) is 4. The average Bonchev–Trinajstić information content (AvgIpc) is 3.19. The van der Waals surface area contributed by atoms with Crippen LogP contribution in [-0.2, 0) is 32.2 Å². The molecule has 4 N–H and O–H groups in total. The van der Waals surface area contributed by atoms with Gasteiger partial charge in [0.2, 0.25) is 11.8 Å². The van der Waals surface area contributed by atoms with E-state index in [1.807, 2.05) is 60.7 Å². The topological polar surface area (TPSA) is 120 Å². The van der Waals surface area contributed by atoms with Gasteiger partial charge in [-0.15, -0.1) is 0 Å². The maximum absolute atomic E-state index is 12.4. The van der Waals surface area contributed by atoms with Crippen molar-refractivity contribution in [2.45, 2.75) is 70.3 Å². The summed E-state index contributed by atoms with van der Waals surface area (Å²) in [6.45, 7) is 3.28. The molecule has 2 amide bonds. The fraction of sp³-hybridized carbons (Fsp3) is 0.302. The first-order chi connectivity index (χ1) is 25.3. The van der Waals surface area contributed by atoms with E-state index in [-0.39, 0.29) is 43.6 Å². The van der Waals surface area contributed by atoms with Gasteiger partial charge >= 0.3 is 0 Å². The number of aliphatic hydroxyl groups excluding tert-OH is 1. The summed E-state index contributed by atoms with van der Waals surface area (Å²) in [6, 6.07) is 39.3. The Bertz CT molecular complexity index is 1950. The molecule has 4 atom stereocenters. The molecule has 5 aromatic carbocycles. The predicted molar refractivity (Wildman–Crippen MR) is 201 cm³/mol. The van der Waals surface area contributed by atoms with Crippen molar-refractivity contribution in [3.05, 3.63) is 143 Å². The SMILES string of the molecule is C[C@H](c1ccc2ccccc2c1)N(C)C[C@H]1C[C@@H](c2ccc(CO)cc2)O[C@@H](c2ccc(-c3ccccc3CNC(=O)CCCC(=O)NO)cc2)O1. The van der Waals surface area contributed by atoms with Crippen LogP contribution in [0, 0.1) is 0 Å². The summed E-state index contributed by atoms with van der Waals surface area (Å²) >= 11 is 0. The summed E-state index contributed by atoms with van der Waals surface area (Å²) in [6.07, 6.45) is 0.441. The van der Waals surface area contributed by atoms with E-state index in [9.17, 15) is 14.7 Å². The minimum absolute atomic E-state index is 0.00895. The Morgan fingerprint density at radius 1 is 0.827 bits per heavy atom. The van der Waals surface area contributed by atoms with Crippen LogP contribution in [0.15, 0.2) is 115 Å². The maximum atomic E-state index is 12.4. The number of likely N-dealkylation sites (N-methyl/N-ethyl adjacent to an activating group) is 1. The van der Waals surface area contributed by atoms with Crippen LogP contribution in [0.1, 0.15) is 78.9 Å². The van der Waals surface area contributed by atoms with Crippen molar-refractivity contribution in [2.24, 2.45) is 0 Å². The molecule has 0 unspecified atom stereocenters. The van der Waals surface area contributed by atoms with Gasteiger partial charge in [0, 0.05) is 44.0 Å². The van der Waals surface area contributed by atoms with Crippen LogP contribution in [-0.4, -0.2) is 46.7 Å². The monoisotopic (exact) mass is 701 g/mol. The largest absolute Gasteiger partial charge is 0.392 e. The Kier molecular flexibility index (Phi) is 12.4. The molecule has 1 saturated heterocycles. The molecule has 0 spiro atoms. The number of hydrogen-bond acceptors (Lipinski definition) is 7. The molecule has 1 heterocycles. The number of amides is 2. The summed E-state index contributed by atoms with van der Waals surface area (Å²) in [7, 11) is 2.14. The lowest BCUT2D eigenvalue weighted by Gasteiger charge is -2.39. The average molecular weight is 702 g/mol. The molecule has 0 aliphatic carbocycles. The number of fused-ring (bicyclic) bond motifs is 1. The highest BCUT2D eigenvalue weighted by Gasteiger charge is 2.33. The van der Waals surface area contributed by atoms with Crippen LogP contribution in [0.4, 0.5) is 0 Å². The molecule has 0 bridgehead atoms. The molecule has 52 heavy (non-hydrogen) atoms. The summed E-state index contributed by atoms with van der Waals surface area (Å²) in [5.41, 5.74) is 8.63. The van der Waals surface area contributed by atoms with Crippen LogP contribution in [0.5, 0.6) is 0 Å². The highest BCUT2D eigenvalue weighted by Crippen LogP contribution is 2.39. The van der Waals surface area contributed by atoms with Crippen molar-refractivity contribution >= 4 is 22.6 Å². The summed E-state index contributed by atoms with van der Waals surface area (Å²) in [4.78, 5) is 26.0. The van der Waals surface area contributed by atoms with Crippen molar-refractivity contribution in [3.8, 4) is 11.1 Å². The lowest BCUT2D eigenvalue weighted by Crippen LogP contribution is -2.38. The number of rotatable bonds is 14. The maximum Gasteiger partial charge on any atom is 0.243 e. The van der Waals surface area contributed by atoms with Crippen molar-refractivity contribution in [1.29, 1.82) is 0 Å². The van der Waals surface area contributed by atoms with E-state index in [0.29, 0.717) is 25.9 Å². The molecular formula is C43H47N3O6. The molecule has 0 aromatic heterocycles. The first kappa shape index (κ1) is 36.9. The van der Waals surface area contributed by atoms with Gasteiger partial charge in [-0.1, -0.05) is 109 Å². The molecule has 0 radical (unpaired) electrons. The third-order valence-electron chi connectivity index (χ3n) is 9.94. The second-order valence-electron chi connectivity index (χ2n) is 13.5. The number of nitrogens with zero attached hydrogens (tertiary/aromatic N) is 1. The lowest BCUT2D eigenvalue weighted by molar-refractivity contribution is -0.253. The highest BCUT2D eigenvalue weighted by atomic mass is 16.7. The minimum Gasteiger partial charge on any atom is -0.392 e. The number of carbonyl (C=O) groups is 2. The van der Waals surface area contributed by atoms with Gasteiger partial charge in [-0.2, -0.15) is 0 Å². The van der Waals surface area contributed by atoms with Crippen LogP contribution >= 0.6 is 0 Å². The standard InChI is InChI=1S/C43H47N3O6/c1-29(35-23-18-31-8-3-4-9-36(31)24-35)46(2)27-38-25-40(33-16-14-30(28-47)15-17-33)52-43(51-38)34-21-19-32(20-22-34)39-11-6-5-10-37(39)26-44-41(48)12-7-13-42(49)45-50/h3-6,8-11,14-24,29,38,40,43,47,50H,7,12-13,25-28H2,1-2H3,(H,44,48)(H,45,49)/t29-,38-,40+,43+/m1/s1. The Balaban J connectivity index is 1.16. The molecule has 270 valence electrons. The Morgan fingerprint density at radius 2 is 1.52 bits per heavy atom. The van der Waals surface area contributed by atoms with E-state index in [1.165, 1.54) is 16.3 Å². The molecule has 5 aromatic rings. The number of benzene rings is 5. The van der Waals surface area contributed by atoms with E-state index < -0.39 is 12.2 Å². The molecule has 0 saturated carbocycles. The fourth-order valence-electron chi connectivity index (χ4n) is 6.76. The van der Waals surface area contributed by atoms with Gasteiger partial charge in [-0.25, -0.2) is 5.48 Å². The van der Waals surface area contributed by atoms with Crippen molar-refractivity contribution in [3.63, 3.8) is 0 Å². The van der Waals surface area contributed by atoms with E-state index in [1.54, 1.807) is 5.48 Å². The molecule has 1 fully saturated rings. The quantitative estimate of drug-likeness (QED) is 0.0698. The smallest absolute Gasteiger partial charge is 0.243 e. The third kappa shape index (κ3) is 9.30. The summed E-state index contributed by atoms with van der Waals surface area (Å²) < 4.78 is 13.3. The normalized spacial score (nSPS) is 17.9. The zero-order valence-corrected chi connectivity index (χ0v) is 29.7. The molecule has 6 rings (SSSR count). The number of hydroxylamine groups is 1. The van der Waals surface area contributed by atoms with Gasteiger partial charge in [-0.3, -0.25) is 19.7 Å². The zero-order chi connectivity index (χ0) is 36.5. The Hall–Kier alpha value is -4.90. The minimum atomic E-state index is -0.581. The highest BCUT2D eigenvalue weighted by molar-refractivity contribution is 5.83. The molecule has 9 nitrogen and oxygen atoms in total. The number of aliphatic hydroxyl groups is 1. The van der Waals surface area contributed by atoms with Crippen LogP contribution in [0.2, 0.25) is 0 Å². The van der Waals surface area contributed by atoms with Crippen LogP contribution in [0.3, 0.4) is 0 Å². The van der Waals surface area contributed by atoms with Gasteiger partial charge < -0.3 is 19.9 Å². The van der Waals surface area contributed by atoms with Crippen LogP contribution in [0.25, 0.3) is 21.9 Å². The number of nitrogens with one attached hydrogen (secondary N) is 2. The van der Waals surface area contributed by atoms with Gasteiger partial charge in [0.05, 0.1) is 18.8 Å². The Labute approximate surface area is 305 Å². The molecule has 1 aliphatic rings. The van der Waals surface area contributed by atoms with E-state index >= 15 is 0 Å². The second-order valence-corrected chi connectivity index (χ2v) is 13.5. The van der Waals surface area contributed by atoms with Gasteiger partial charge in [0.1, 0.15) is 0 Å². The van der Waals surface area contributed by atoms with Crippen LogP contribution < -0.4 is 10.8 Å². The third-order valence-corrected chi connectivity index (χ3v) is 9.94.